The van der Waals surface area contributed by atoms with Gasteiger partial charge in [-0.3, -0.25) is 0 Å². The Morgan fingerprint density at radius 1 is 1.45 bits per heavy atom. The molecule has 1 saturated heterocycles. The van der Waals surface area contributed by atoms with Gasteiger partial charge in [-0.2, -0.15) is 16.6 Å². The van der Waals surface area contributed by atoms with Gasteiger partial charge in [0.2, 0.25) is 0 Å². The first kappa shape index (κ1) is 13.0. The van der Waals surface area contributed by atoms with Gasteiger partial charge in [-0.1, -0.05) is 0 Å². The maximum absolute atomic E-state index is 8.93. The third-order valence-corrected chi connectivity index (χ3v) is 3.97. The SMILES string of the molecule is C[C@@H]1CN(c2cc(C#N)ncn2)C[C@@H](c2ccsc2)O1. The van der Waals surface area contributed by atoms with E-state index in [9.17, 15) is 0 Å². The summed E-state index contributed by atoms with van der Waals surface area (Å²) in [5.74, 6) is 0.784. The van der Waals surface area contributed by atoms with Crippen molar-refractivity contribution in [1.82, 2.24) is 9.97 Å². The van der Waals surface area contributed by atoms with Crippen LogP contribution in [0.4, 0.5) is 5.82 Å². The van der Waals surface area contributed by atoms with Gasteiger partial charge in [0, 0.05) is 19.2 Å². The Balaban J connectivity index is 1.84. The number of anilines is 1. The molecule has 1 aliphatic heterocycles. The number of hydrogen-bond acceptors (Lipinski definition) is 6. The van der Waals surface area contributed by atoms with Gasteiger partial charge in [0.1, 0.15) is 30.0 Å². The van der Waals surface area contributed by atoms with Crippen LogP contribution in [0.2, 0.25) is 0 Å². The fourth-order valence-electron chi connectivity index (χ4n) is 2.36. The van der Waals surface area contributed by atoms with E-state index < -0.39 is 0 Å². The van der Waals surface area contributed by atoms with E-state index >= 15 is 0 Å². The summed E-state index contributed by atoms with van der Waals surface area (Å²) < 4.78 is 6.00. The Kier molecular flexibility index (Phi) is 3.63. The molecule has 1 fully saturated rings. The Morgan fingerprint density at radius 3 is 3.10 bits per heavy atom. The second kappa shape index (κ2) is 5.57. The fourth-order valence-corrected chi connectivity index (χ4v) is 3.06. The average Bonchev–Trinajstić information content (AvgIpc) is 3.01. The van der Waals surface area contributed by atoms with Crippen molar-refractivity contribution in [3.63, 3.8) is 0 Å². The smallest absolute Gasteiger partial charge is 0.145 e. The molecule has 0 aromatic carbocycles. The third-order valence-electron chi connectivity index (χ3n) is 3.27. The van der Waals surface area contributed by atoms with Crippen molar-refractivity contribution in [2.45, 2.75) is 19.1 Å². The summed E-state index contributed by atoms with van der Waals surface area (Å²) >= 11 is 1.67. The van der Waals surface area contributed by atoms with Gasteiger partial charge in [-0.15, -0.1) is 0 Å². The van der Waals surface area contributed by atoms with E-state index in [1.807, 2.05) is 6.07 Å². The number of ether oxygens (including phenoxy) is 1. The molecule has 3 heterocycles. The average molecular weight is 286 g/mol. The first-order chi connectivity index (χ1) is 9.76. The molecule has 102 valence electrons. The molecule has 0 amide bonds. The Hall–Kier alpha value is -1.97. The molecule has 20 heavy (non-hydrogen) atoms. The highest BCUT2D eigenvalue weighted by Gasteiger charge is 2.27. The molecule has 3 rings (SSSR count). The van der Waals surface area contributed by atoms with Crippen LogP contribution < -0.4 is 4.90 Å². The Morgan fingerprint density at radius 2 is 2.35 bits per heavy atom. The van der Waals surface area contributed by atoms with E-state index in [0.717, 1.165) is 18.9 Å². The molecular formula is C14H14N4OS. The summed E-state index contributed by atoms with van der Waals surface area (Å²) in [6, 6.07) is 5.86. The van der Waals surface area contributed by atoms with Crippen LogP contribution in [0.5, 0.6) is 0 Å². The van der Waals surface area contributed by atoms with Crippen LogP contribution in [0.25, 0.3) is 0 Å². The van der Waals surface area contributed by atoms with Crippen LogP contribution in [-0.2, 0) is 4.74 Å². The molecule has 0 unspecified atom stereocenters. The normalized spacial score (nSPS) is 22.5. The molecule has 0 saturated carbocycles. The molecule has 2 aromatic heterocycles. The number of rotatable bonds is 2. The van der Waals surface area contributed by atoms with Crippen LogP contribution in [-0.4, -0.2) is 29.2 Å². The number of thiophene rings is 1. The van der Waals surface area contributed by atoms with Crippen molar-refractivity contribution in [2.24, 2.45) is 0 Å². The molecule has 0 aliphatic carbocycles. The van der Waals surface area contributed by atoms with Crippen molar-refractivity contribution in [1.29, 1.82) is 5.26 Å². The first-order valence-corrected chi connectivity index (χ1v) is 7.35. The van der Waals surface area contributed by atoms with Gasteiger partial charge in [0.15, 0.2) is 0 Å². The summed E-state index contributed by atoms with van der Waals surface area (Å²) in [5, 5.41) is 13.1. The highest BCUT2D eigenvalue weighted by molar-refractivity contribution is 7.07. The van der Waals surface area contributed by atoms with Crippen molar-refractivity contribution < 1.29 is 4.74 Å². The van der Waals surface area contributed by atoms with Gasteiger partial charge >= 0.3 is 0 Å². The quantitative estimate of drug-likeness (QED) is 0.848. The largest absolute Gasteiger partial charge is 0.367 e. The van der Waals surface area contributed by atoms with Crippen LogP contribution in [0.3, 0.4) is 0 Å². The Bertz CT molecular complexity index is 622. The lowest BCUT2D eigenvalue weighted by Gasteiger charge is -2.37. The third kappa shape index (κ3) is 2.64. The van der Waals surface area contributed by atoms with Crippen LogP contribution in [0.1, 0.15) is 24.3 Å². The second-order valence-corrected chi connectivity index (χ2v) is 5.55. The number of nitrogens with zero attached hydrogens (tertiary/aromatic N) is 4. The maximum atomic E-state index is 8.93. The summed E-state index contributed by atoms with van der Waals surface area (Å²) in [4.78, 5) is 10.3. The first-order valence-electron chi connectivity index (χ1n) is 6.41. The molecule has 2 atom stereocenters. The second-order valence-electron chi connectivity index (χ2n) is 4.77. The van der Waals surface area contributed by atoms with E-state index in [0.29, 0.717) is 5.69 Å². The van der Waals surface area contributed by atoms with E-state index in [2.05, 4.69) is 38.6 Å². The van der Waals surface area contributed by atoms with E-state index in [1.54, 1.807) is 17.4 Å². The monoisotopic (exact) mass is 286 g/mol. The number of hydrogen-bond donors (Lipinski definition) is 0. The van der Waals surface area contributed by atoms with Crippen LogP contribution in [0, 0.1) is 11.3 Å². The maximum Gasteiger partial charge on any atom is 0.145 e. The zero-order chi connectivity index (χ0) is 13.9. The number of morpholine rings is 1. The standard InChI is InChI=1S/C14H14N4OS/c1-10-6-18(14-4-12(5-15)16-9-17-14)7-13(19-10)11-2-3-20-8-11/h2-4,8-10,13H,6-7H2,1H3/t10-,13+/m1/s1. The highest BCUT2D eigenvalue weighted by atomic mass is 32.1. The van der Waals surface area contributed by atoms with Crippen molar-refractivity contribution in [3.8, 4) is 6.07 Å². The lowest BCUT2D eigenvalue weighted by Crippen LogP contribution is -2.43. The van der Waals surface area contributed by atoms with Gasteiger partial charge in [-0.25, -0.2) is 9.97 Å². The van der Waals surface area contributed by atoms with E-state index in [4.69, 9.17) is 10.00 Å². The summed E-state index contributed by atoms with van der Waals surface area (Å²) in [6.45, 7) is 3.56. The lowest BCUT2D eigenvalue weighted by atomic mass is 10.1. The van der Waals surface area contributed by atoms with Gasteiger partial charge in [0.25, 0.3) is 0 Å². The van der Waals surface area contributed by atoms with Gasteiger partial charge in [-0.05, 0) is 29.3 Å². The molecule has 5 nitrogen and oxygen atoms in total. The zero-order valence-corrected chi connectivity index (χ0v) is 11.9. The minimum atomic E-state index is 0.0468. The van der Waals surface area contributed by atoms with E-state index in [1.165, 1.54) is 11.9 Å². The predicted molar refractivity (Wildman–Crippen MR) is 76.6 cm³/mol. The summed E-state index contributed by atoms with van der Waals surface area (Å²) in [5.41, 5.74) is 1.59. The zero-order valence-electron chi connectivity index (χ0n) is 11.1. The molecule has 0 bridgehead atoms. The van der Waals surface area contributed by atoms with Crippen molar-refractivity contribution >= 4 is 17.2 Å². The molecule has 2 aromatic rings. The highest BCUT2D eigenvalue weighted by Crippen LogP contribution is 2.28. The van der Waals surface area contributed by atoms with Gasteiger partial charge in [0.05, 0.1) is 6.10 Å². The molecule has 0 N–H and O–H groups in total. The summed E-state index contributed by atoms with van der Waals surface area (Å²) in [7, 11) is 0. The van der Waals surface area contributed by atoms with E-state index in [-0.39, 0.29) is 12.2 Å². The molecule has 6 heteroatoms. The predicted octanol–water partition coefficient (Wildman–Crippen LogP) is 2.38. The lowest BCUT2D eigenvalue weighted by molar-refractivity contribution is -0.0174. The summed E-state index contributed by atoms with van der Waals surface area (Å²) in [6.07, 6.45) is 1.60. The fraction of sp³-hybridized carbons (Fsp3) is 0.357. The van der Waals surface area contributed by atoms with Gasteiger partial charge < -0.3 is 9.64 Å². The molecule has 1 aliphatic rings. The van der Waals surface area contributed by atoms with Crippen molar-refractivity contribution in [2.75, 3.05) is 18.0 Å². The minimum absolute atomic E-state index is 0.0468. The Labute approximate surface area is 121 Å². The molecular weight excluding hydrogens is 272 g/mol. The molecule has 0 radical (unpaired) electrons. The molecule has 0 spiro atoms. The number of nitriles is 1. The minimum Gasteiger partial charge on any atom is -0.367 e. The van der Waals surface area contributed by atoms with Crippen LogP contribution in [0.15, 0.2) is 29.2 Å². The number of aromatic nitrogens is 2. The van der Waals surface area contributed by atoms with Crippen molar-refractivity contribution in [3.05, 3.63) is 40.5 Å². The topological polar surface area (TPSA) is 62.0 Å². The van der Waals surface area contributed by atoms with Crippen LogP contribution >= 0.6 is 11.3 Å².